The van der Waals surface area contributed by atoms with E-state index in [1.807, 2.05) is 30.3 Å². The van der Waals surface area contributed by atoms with Gasteiger partial charge in [0, 0.05) is 22.6 Å². The van der Waals surface area contributed by atoms with Gasteiger partial charge in [0.25, 0.3) is 0 Å². The minimum Gasteiger partial charge on any atom is -0.324 e. The Bertz CT molecular complexity index is 1140. The van der Waals surface area contributed by atoms with E-state index in [2.05, 4.69) is 27.4 Å². The number of aryl methyl sites for hydroxylation is 1. The Balaban J connectivity index is 1.65. The van der Waals surface area contributed by atoms with Crippen LogP contribution in [0.15, 0.2) is 52.5 Å². The van der Waals surface area contributed by atoms with Gasteiger partial charge in [0.15, 0.2) is 5.82 Å². The number of rotatable bonds is 9. The number of thioether (sulfide) groups is 2. The minimum atomic E-state index is -4.53. The van der Waals surface area contributed by atoms with Crippen molar-refractivity contribution in [2.75, 3.05) is 16.8 Å². The second-order valence-corrected chi connectivity index (χ2v) is 8.90. The van der Waals surface area contributed by atoms with Gasteiger partial charge in [0.2, 0.25) is 11.1 Å². The van der Waals surface area contributed by atoms with E-state index in [9.17, 15) is 18.0 Å². The predicted molar refractivity (Wildman–Crippen MR) is 123 cm³/mol. The Morgan fingerprint density at radius 3 is 2.61 bits per heavy atom. The van der Waals surface area contributed by atoms with Gasteiger partial charge < -0.3 is 5.32 Å². The first-order chi connectivity index (χ1) is 15.8. The summed E-state index contributed by atoms with van der Waals surface area (Å²) in [5.41, 5.74) is 1.26. The summed E-state index contributed by atoms with van der Waals surface area (Å²) in [7, 11) is 0. The molecule has 1 amide bonds. The molecule has 0 bridgehead atoms. The van der Waals surface area contributed by atoms with E-state index in [0.29, 0.717) is 21.6 Å². The van der Waals surface area contributed by atoms with Gasteiger partial charge in [-0.05, 0) is 30.2 Å². The predicted octanol–water partition coefficient (Wildman–Crippen LogP) is 5.79. The number of carbonyl (C=O) groups excluding carboxylic acids is 1. The molecule has 1 aromatic heterocycles. The van der Waals surface area contributed by atoms with E-state index >= 15 is 0 Å². The summed E-state index contributed by atoms with van der Waals surface area (Å²) in [6, 6.07) is 13.0. The van der Waals surface area contributed by atoms with Gasteiger partial charge >= 0.3 is 6.18 Å². The molecule has 0 aliphatic heterocycles. The molecule has 0 unspecified atom stereocenters. The lowest BCUT2D eigenvalue weighted by atomic mass is 10.1. The van der Waals surface area contributed by atoms with E-state index < -0.39 is 17.6 Å². The van der Waals surface area contributed by atoms with E-state index in [0.717, 1.165) is 35.9 Å². The van der Waals surface area contributed by atoms with Crippen LogP contribution < -0.4 is 5.32 Å². The number of aromatic nitrogens is 3. The highest BCUT2D eigenvalue weighted by atomic mass is 32.2. The first-order valence-electron chi connectivity index (χ1n) is 9.95. The molecule has 0 radical (unpaired) electrons. The van der Waals surface area contributed by atoms with Crippen molar-refractivity contribution in [3.63, 3.8) is 0 Å². The number of anilines is 1. The van der Waals surface area contributed by atoms with Crippen LogP contribution in [0.2, 0.25) is 0 Å². The molecule has 0 saturated heterocycles. The summed E-state index contributed by atoms with van der Waals surface area (Å²) in [4.78, 5) is 17.3. The highest BCUT2D eigenvalue weighted by molar-refractivity contribution is 8.00. The molecule has 0 saturated carbocycles. The van der Waals surface area contributed by atoms with Gasteiger partial charge in [-0.25, -0.2) is 4.98 Å². The van der Waals surface area contributed by atoms with Crippen molar-refractivity contribution >= 4 is 35.1 Å². The molecule has 11 heteroatoms. The first kappa shape index (κ1) is 24.7. The van der Waals surface area contributed by atoms with Crippen LogP contribution in [0.25, 0.3) is 11.4 Å². The third-order valence-electron chi connectivity index (χ3n) is 4.49. The summed E-state index contributed by atoms with van der Waals surface area (Å²) >= 11 is 2.28. The fourth-order valence-corrected chi connectivity index (χ4v) is 4.23. The molecule has 0 aliphatic rings. The maximum absolute atomic E-state index is 13.1. The summed E-state index contributed by atoms with van der Waals surface area (Å²) < 4.78 is 39.3. The highest BCUT2D eigenvalue weighted by Crippen LogP contribution is 2.36. The van der Waals surface area contributed by atoms with Crippen molar-refractivity contribution in [1.29, 1.82) is 5.26 Å². The van der Waals surface area contributed by atoms with E-state index in [1.54, 1.807) is 0 Å². The average molecular weight is 492 g/mol. The van der Waals surface area contributed by atoms with Gasteiger partial charge in [-0.2, -0.15) is 18.4 Å². The molecule has 3 aromatic rings. The molecule has 0 atom stereocenters. The van der Waals surface area contributed by atoms with Crippen LogP contribution in [0.4, 0.5) is 18.9 Å². The number of hydrogen-bond donors (Lipinski definition) is 2. The number of alkyl halides is 3. The lowest BCUT2D eigenvalue weighted by Crippen LogP contribution is -2.16. The number of benzene rings is 2. The van der Waals surface area contributed by atoms with Crippen LogP contribution >= 0.6 is 23.5 Å². The molecule has 0 fully saturated rings. The normalized spacial score (nSPS) is 11.2. The summed E-state index contributed by atoms with van der Waals surface area (Å²) in [6.07, 6.45) is -3.37. The van der Waals surface area contributed by atoms with Gasteiger partial charge in [-0.15, -0.1) is 16.9 Å². The van der Waals surface area contributed by atoms with Crippen LogP contribution in [0.5, 0.6) is 0 Å². The average Bonchev–Trinajstić information content (AvgIpc) is 3.27. The van der Waals surface area contributed by atoms with E-state index in [-0.39, 0.29) is 17.9 Å². The fraction of sp³-hybridized carbons (Fsp3) is 0.273. The van der Waals surface area contributed by atoms with Gasteiger partial charge in [-0.1, -0.05) is 43.0 Å². The van der Waals surface area contributed by atoms with Crippen molar-refractivity contribution in [2.24, 2.45) is 0 Å². The van der Waals surface area contributed by atoms with E-state index in [1.165, 1.54) is 23.4 Å². The fourth-order valence-electron chi connectivity index (χ4n) is 2.79. The van der Waals surface area contributed by atoms with Gasteiger partial charge in [0.1, 0.15) is 0 Å². The number of carbonyl (C=O) groups is 1. The van der Waals surface area contributed by atoms with Crippen LogP contribution in [-0.4, -0.2) is 32.6 Å². The summed E-state index contributed by atoms with van der Waals surface area (Å²) in [6.45, 7) is 2.07. The maximum atomic E-state index is 13.1. The zero-order chi connectivity index (χ0) is 23.8. The summed E-state index contributed by atoms with van der Waals surface area (Å²) in [5, 5.41) is 18.5. The molecule has 6 nitrogen and oxygen atoms in total. The monoisotopic (exact) mass is 491 g/mol. The van der Waals surface area contributed by atoms with Crippen molar-refractivity contribution in [1.82, 2.24) is 15.2 Å². The summed E-state index contributed by atoms with van der Waals surface area (Å²) in [5.74, 6) is 0.401. The zero-order valence-corrected chi connectivity index (χ0v) is 19.2. The number of hydrogen-bond acceptors (Lipinski definition) is 6. The lowest BCUT2D eigenvalue weighted by molar-refractivity contribution is -0.137. The van der Waals surface area contributed by atoms with Crippen molar-refractivity contribution in [3.8, 4) is 17.5 Å². The molecule has 2 aromatic carbocycles. The van der Waals surface area contributed by atoms with Gasteiger partial charge in [0.05, 0.1) is 23.1 Å². The molecular formula is C22H20F3N5OS2. The maximum Gasteiger partial charge on any atom is 0.416 e. The Morgan fingerprint density at radius 2 is 1.94 bits per heavy atom. The van der Waals surface area contributed by atoms with Crippen LogP contribution in [0.1, 0.15) is 24.5 Å². The topological polar surface area (TPSA) is 94.5 Å². The van der Waals surface area contributed by atoms with Gasteiger partial charge in [-0.3, -0.25) is 9.89 Å². The number of amides is 1. The molecule has 3 rings (SSSR count). The third-order valence-corrected chi connectivity index (χ3v) is 6.41. The number of nitrogens with zero attached hydrogens (tertiary/aromatic N) is 3. The third kappa shape index (κ3) is 7.00. The Morgan fingerprint density at radius 1 is 1.18 bits per heavy atom. The quantitative estimate of drug-likeness (QED) is 0.291. The second kappa shape index (κ2) is 11.2. The van der Waals surface area contributed by atoms with Crippen molar-refractivity contribution in [2.45, 2.75) is 36.0 Å². The van der Waals surface area contributed by atoms with E-state index in [4.69, 9.17) is 5.26 Å². The number of nitrogens with one attached hydrogen (secondary N) is 2. The Hall–Kier alpha value is -2.97. The Kier molecular flexibility index (Phi) is 8.41. The molecule has 0 spiro atoms. The molecule has 2 N–H and O–H groups in total. The molecule has 0 aliphatic carbocycles. The number of aromatic amines is 1. The van der Waals surface area contributed by atoms with Crippen LogP contribution in [0.3, 0.4) is 0 Å². The SMILES string of the molecule is CCc1ccc(-c2nc(SCC(=O)Nc3cc(C(F)(F)F)ccc3SCCC#N)n[nH]2)cc1. The standard InChI is InChI=1S/C22H20F3N5OS2/c1-2-14-4-6-15(7-5-14)20-28-21(30-29-20)33-13-19(31)27-17-12-16(22(23,24)25)8-9-18(17)32-11-3-10-26/h4-9,12H,2-3,11,13H2,1H3,(H,27,31)(H,28,29,30). The molecule has 172 valence electrons. The number of halogens is 3. The van der Waals surface area contributed by atoms with Crippen molar-refractivity contribution in [3.05, 3.63) is 53.6 Å². The molecule has 33 heavy (non-hydrogen) atoms. The molecule has 1 heterocycles. The number of nitriles is 1. The Labute approximate surface area is 197 Å². The number of H-pyrrole nitrogens is 1. The minimum absolute atomic E-state index is 0.0602. The lowest BCUT2D eigenvalue weighted by Gasteiger charge is -2.14. The molecular weight excluding hydrogens is 471 g/mol. The van der Waals surface area contributed by atoms with Crippen LogP contribution in [-0.2, 0) is 17.4 Å². The zero-order valence-electron chi connectivity index (χ0n) is 17.6. The van der Waals surface area contributed by atoms with Crippen molar-refractivity contribution < 1.29 is 18.0 Å². The second-order valence-electron chi connectivity index (χ2n) is 6.82. The largest absolute Gasteiger partial charge is 0.416 e. The van der Waals surface area contributed by atoms with Crippen LogP contribution in [0, 0.1) is 11.3 Å². The smallest absolute Gasteiger partial charge is 0.324 e. The highest BCUT2D eigenvalue weighted by Gasteiger charge is 2.31. The first-order valence-corrected chi connectivity index (χ1v) is 11.9.